The molecule has 7 nitrogen and oxygen atoms in total. The zero-order chi connectivity index (χ0) is 17.7. The number of aryl methyl sites for hydroxylation is 1. The van der Waals surface area contributed by atoms with E-state index in [1.54, 1.807) is 31.4 Å². The number of anilines is 1. The van der Waals surface area contributed by atoms with E-state index >= 15 is 0 Å². The molecule has 1 N–H and O–H groups in total. The monoisotopic (exact) mass is 330 g/mol. The molecule has 126 valence electrons. The third-order valence-electron chi connectivity index (χ3n) is 3.52. The molecule has 0 aliphatic heterocycles. The maximum atomic E-state index is 12.2. The molecule has 0 aromatic heterocycles. The van der Waals surface area contributed by atoms with Crippen molar-refractivity contribution in [2.75, 3.05) is 19.5 Å². The Morgan fingerprint density at radius 3 is 2.25 bits per heavy atom. The van der Waals surface area contributed by atoms with Crippen LogP contribution in [0.15, 0.2) is 36.4 Å². The highest BCUT2D eigenvalue weighted by atomic mass is 16.6. The van der Waals surface area contributed by atoms with Crippen LogP contribution in [0.5, 0.6) is 11.5 Å². The van der Waals surface area contributed by atoms with Gasteiger partial charge in [0.1, 0.15) is 0 Å². The normalized spacial score (nSPS) is 10.1. The Morgan fingerprint density at radius 2 is 1.71 bits per heavy atom. The molecule has 0 saturated heterocycles. The summed E-state index contributed by atoms with van der Waals surface area (Å²) in [6.45, 7) is 1.85. The van der Waals surface area contributed by atoms with E-state index in [0.29, 0.717) is 22.7 Å². The molecule has 7 heteroatoms. The topological polar surface area (TPSA) is 90.7 Å². The smallest absolute Gasteiger partial charge is 0.269 e. The highest BCUT2D eigenvalue weighted by Gasteiger charge is 2.12. The second-order valence-corrected chi connectivity index (χ2v) is 5.17. The Kier molecular flexibility index (Phi) is 5.36. The Morgan fingerprint density at radius 1 is 1.12 bits per heavy atom. The van der Waals surface area contributed by atoms with E-state index in [-0.39, 0.29) is 18.0 Å². The number of nitrogens with zero attached hydrogens (tertiary/aromatic N) is 1. The lowest BCUT2D eigenvalue weighted by atomic mass is 10.1. The van der Waals surface area contributed by atoms with Gasteiger partial charge in [-0.1, -0.05) is 12.1 Å². The van der Waals surface area contributed by atoms with E-state index < -0.39 is 4.92 Å². The average Bonchev–Trinajstić information content (AvgIpc) is 2.56. The van der Waals surface area contributed by atoms with Crippen LogP contribution < -0.4 is 14.8 Å². The van der Waals surface area contributed by atoms with Gasteiger partial charge in [0.15, 0.2) is 11.5 Å². The number of nitro groups is 1. The molecule has 0 radical (unpaired) electrons. The molecule has 0 heterocycles. The number of nitro benzene ring substituents is 1. The van der Waals surface area contributed by atoms with Crippen LogP contribution >= 0.6 is 0 Å². The van der Waals surface area contributed by atoms with Gasteiger partial charge >= 0.3 is 0 Å². The van der Waals surface area contributed by atoms with Gasteiger partial charge in [0.05, 0.1) is 25.6 Å². The third-order valence-corrected chi connectivity index (χ3v) is 3.52. The Labute approximate surface area is 139 Å². The minimum atomic E-state index is -0.475. The van der Waals surface area contributed by atoms with Crippen LogP contribution in [0.25, 0.3) is 0 Å². The van der Waals surface area contributed by atoms with Crippen molar-refractivity contribution in [2.24, 2.45) is 0 Å². The first-order chi connectivity index (χ1) is 11.4. The fraction of sp³-hybridized carbons (Fsp3) is 0.235. The summed E-state index contributed by atoms with van der Waals surface area (Å²) in [5, 5.41) is 13.4. The van der Waals surface area contributed by atoms with Gasteiger partial charge in [-0.2, -0.15) is 0 Å². The van der Waals surface area contributed by atoms with Crippen molar-refractivity contribution in [2.45, 2.75) is 13.3 Å². The summed E-state index contributed by atoms with van der Waals surface area (Å²) in [7, 11) is 3.07. The van der Waals surface area contributed by atoms with Crippen molar-refractivity contribution in [3.63, 3.8) is 0 Å². The van der Waals surface area contributed by atoms with E-state index in [2.05, 4.69) is 5.32 Å². The van der Waals surface area contributed by atoms with Gasteiger partial charge in [-0.25, -0.2) is 0 Å². The molecular formula is C17H18N2O5. The number of nitrogens with one attached hydrogen (secondary N) is 1. The lowest BCUT2D eigenvalue weighted by Gasteiger charge is -2.13. The highest BCUT2D eigenvalue weighted by molar-refractivity contribution is 5.93. The predicted octanol–water partition coefficient (Wildman–Crippen LogP) is 3.10. The number of hydrogen-bond donors (Lipinski definition) is 1. The zero-order valence-electron chi connectivity index (χ0n) is 13.7. The van der Waals surface area contributed by atoms with Crippen LogP contribution in [-0.2, 0) is 11.2 Å². The van der Waals surface area contributed by atoms with Crippen molar-refractivity contribution in [1.82, 2.24) is 0 Å². The first-order valence-electron chi connectivity index (χ1n) is 7.20. The summed E-state index contributed by atoms with van der Waals surface area (Å²) < 4.78 is 10.4. The minimum Gasteiger partial charge on any atom is -0.493 e. The summed E-state index contributed by atoms with van der Waals surface area (Å²) in [6.07, 6.45) is 0.117. The van der Waals surface area contributed by atoms with Crippen molar-refractivity contribution in [1.29, 1.82) is 0 Å². The molecule has 0 saturated carbocycles. The van der Waals surface area contributed by atoms with Crippen LogP contribution in [0.4, 0.5) is 11.4 Å². The van der Waals surface area contributed by atoms with Gasteiger partial charge in [0, 0.05) is 23.9 Å². The largest absolute Gasteiger partial charge is 0.493 e. The van der Waals surface area contributed by atoms with Gasteiger partial charge in [0.25, 0.3) is 5.69 Å². The fourth-order valence-electron chi connectivity index (χ4n) is 2.23. The maximum absolute atomic E-state index is 12.2. The second-order valence-electron chi connectivity index (χ2n) is 5.17. The van der Waals surface area contributed by atoms with Crippen LogP contribution in [-0.4, -0.2) is 25.1 Å². The SMILES string of the molecule is COc1cc(C)c(NC(=O)Cc2ccc([N+](=O)[O-])cc2)cc1OC. The van der Waals surface area contributed by atoms with Gasteiger partial charge in [-0.05, 0) is 24.1 Å². The number of methoxy groups -OCH3 is 2. The molecule has 0 aliphatic carbocycles. The maximum Gasteiger partial charge on any atom is 0.269 e. The fourth-order valence-corrected chi connectivity index (χ4v) is 2.23. The summed E-state index contributed by atoms with van der Waals surface area (Å²) in [5.41, 5.74) is 2.15. The van der Waals surface area contributed by atoms with Gasteiger partial charge < -0.3 is 14.8 Å². The molecular weight excluding hydrogens is 312 g/mol. The van der Waals surface area contributed by atoms with Gasteiger partial charge in [-0.3, -0.25) is 14.9 Å². The quantitative estimate of drug-likeness (QED) is 0.649. The molecule has 0 atom stereocenters. The summed E-state index contributed by atoms with van der Waals surface area (Å²) >= 11 is 0. The van der Waals surface area contributed by atoms with Gasteiger partial charge in [-0.15, -0.1) is 0 Å². The van der Waals surface area contributed by atoms with Crippen molar-refractivity contribution in [3.05, 3.63) is 57.6 Å². The lowest BCUT2D eigenvalue weighted by Crippen LogP contribution is -2.15. The number of ether oxygens (including phenoxy) is 2. The van der Waals surface area contributed by atoms with Crippen LogP contribution in [0.2, 0.25) is 0 Å². The third kappa shape index (κ3) is 4.01. The standard InChI is InChI=1S/C17H18N2O5/c1-11-8-15(23-2)16(24-3)10-14(11)18-17(20)9-12-4-6-13(7-5-12)19(21)22/h4-8,10H,9H2,1-3H3,(H,18,20). The van der Waals surface area contributed by atoms with E-state index in [1.807, 2.05) is 6.92 Å². The average molecular weight is 330 g/mol. The molecule has 0 spiro atoms. The number of non-ortho nitro benzene ring substituents is 1. The van der Waals surface area contributed by atoms with Gasteiger partial charge in [0.2, 0.25) is 5.91 Å². The number of carbonyl (C=O) groups excluding carboxylic acids is 1. The van der Waals surface area contributed by atoms with E-state index in [0.717, 1.165) is 5.56 Å². The summed E-state index contributed by atoms with van der Waals surface area (Å²) in [5.74, 6) is 0.885. The number of hydrogen-bond acceptors (Lipinski definition) is 5. The molecule has 0 aliphatic rings. The number of amides is 1. The van der Waals surface area contributed by atoms with Crippen molar-refractivity contribution < 1.29 is 19.2 Å². The molecule has 0 fully saturated rings. The molecule has 24 heavy (non-hydrogen) atoms. The van der Waals surface area contributed by atoms with Crippen LogP contribution in [0.3, 0.4) is 0 Å². The predicted molar refractivity (Wildman–Crippen MR) is 89.7 cm³/mol. The van der Waals surface area contributed by atoms with Crippen molar-refractivity contribution in [3.8, 4) is 11.5 Å². The lowest BCUT2D eigenvalue weighted by molar-refractivity contribution is -0.384. The molecule has 0 unspecified atom stereocenters. The summed E-state index contributed by atoms with van der Waals surface area (Å²) in [4.78, 5) is 22.3. The zero-order valence-corrected chi connectivity index (χ0v) is 13.7. The number of benzene rings is 2. The number of carbonyl (C=O) groups is 1. The van der Waals surface area contributed by atoms with E-state index in [1.165, 1.54) is 19.2 Å². The minimum absolute atomic E-state index is 0.00473. The van der Waals surface area contributed by atoms with Crippen LogP contribution in [0, 0.1) is 17.0 Å². The molecule has 2 aromatic rings. The number of rotatable bonds is 6. The first kappa shape index (κ1) is 17.3. The highest BCUT2D eigenvalue weighted by Crippen LogP contribution is 2.32. The Hall–Kier alpha value is -3.09. The molecule has 0 bridgehead atoms. The van der Waals surface area contributed by atoms with E-state index in [9.17, 15) is 14.9 Å². The molecule has 2 rings (SSSR count). The van der Waals surface area contributed by atoms with Crippen molar-refractivity contribution >= 4 is 17.3 Å². The Balaban J connectivity index is 2.10. The molecule has 1 amide bonds. The Bertz CT molecular complexity index is 756. The van der Waals surface area contributed by atoms with E-state index in [4.69, 9.17) is 9.47 Å². The summed E-state index contributed by atoms with van der Waals surface area (Å²) in [6, 6.07) is 9.37. The second kappa shape index (κ2) is 7.45. The molecule has 2 aromatic carbocycles. The first-order valence-corrected chi connectivity index (χ1v) is 7.20. The van der Waals surface area contributed by atoms with Crippen LogP contribution in [0.1, 0.15) is 11.1 Å².